The minimum absolute atomic E-state index is 0.159. The van der Waals surface area contributed by atoms with Crippen LogP contribution in [0.2, 0.25) is 0 Å². The summed E-state index contributed by atoms with van der Waals surface area (Å²) in [6.07, 6.45) is 10.2. The number of halogens is 1. The van der Waals surface area contributed by atoms with E-state index >= 15 is 0 Å². The predicted molar refractivity (Wildman–Crippen MR) is 81.7 cm³/mol. The molecule has 0 amide bonds. The first-order chi connectivity index (χ1) is 10.6. The van der Waals surface area contributed by atoms with Gasteiger partial charge in [0.2, 0.25) is 0 Å². The molecule has 3 rings (SSSR count). The summed E-state index contributed by atoms with van der Waals surface area (Å²) in [5, 5.41) is 26.1. The highest BCUT2D eigenvalue weighted by molar-refractivity contribution is 6.58. The minimum atomic E-state index is -1.82. The van der Waals surface area contributed by atoms with Gasteiger partial charge in [-0.15, -0.1) is 5.10 Å². The molecule has 0 saturated carbocycles. The molecule has 0 fully saturated rings. The highest BCUT2D eigenvalue weighted by Crippen LogP contribution is 2.18. The van der Waals surface area contributed by atoms with Gasteiger partial charge in [-0.25, -0.2) is 9.07 Å². The van der Waals surface area contributed by atoms with Crippen LogP contribution in [0.3, 0.4) is 0 Å². The Morgan fingerprint density at radius 1 is 1.27 bits per heavy atom. The van der Waals surface area contributed by atoms with E-state index in [1.807, 2.05) is 0 Å². The smallest absolute Gasteiger partial charge is 0.423 e. The lowest BCUT2D eigenvalue weighted by molar-refractivity contribution is 0.423. The fourth-order valence-electron chi connectivity index (χ4n) is 2.38. The van der Waals surface area contributed by atoms with Gasteiger partial charge in [-0.2, -0.15) is 0 Å². The molecule has 2 aromatic rings. The lowest BCUT2D eigenvalue weighted by atomic mass is 9.79. The van der Waals surface area contributed by atoms with Gasteiger partial charge in [0.1, 0.15) is 11.5 Å². The molecule has 0 atom stereocenters. The summed E-state index contributed by atoms with van der Waals surface area (Å²) in [5.41, 5.74) is 2.10. The van der Waals surface area contributed by atoms with Crippen LogP contribution in [0.1, 0.15) is 12.8 Å². The molecule has 1 aliphatic rings. The largest absolute Gasteiger partial charge is 0.491 e. The Bertz CT molecular complexity index is 740. The Hall–Kier alpha value is -2.25. The molecule has 112 valence electrons. The van der Waals surface area contributed by atoms with E-state index in [2.05, 4.69) is 28.5 Å². The van der Waals surface area contributed by atoms with Crippen molar-refractivity contribution < 1.29 is 14.4 Å². The normalized spacial score (nSPS) is 14.0. The molecule has 1 aromatic heterocycles. The molecular formula is C15H15BFN3O2. The van der Waals surface area contributed by atoms with E-state index in [0.29, 0.717) is 17.8 Å². The summed E-state index contributed by atoms with van der Waals surface area (Å²) in [7, 11) is -1.82. The number of rotatable bonds is 4. The molecule has 1 aliphatic carbocycles. The van der Waals surface area contributed by atoms with Gasteiger partial charge in [0.15, 0.2) is 0 Å². The number of benzene rings is 1. The van der Waals surface area contributed by atoms with Crippen LogP contribution in [0.4, 0.5) is 4.39 Å². The first-order valence-corrected chi connectivity index (χ1v) is 7.05. The second-order valence-electron chi connectivity index (χ2n) is 5.17. The summed E-state index contributed by atoms with van der Waals surface area (Å²) in [6.45, 7) is 0.624. The first-order valence-electron chi connectivity index (χ1n) is 7.05. The predicted octanol–water partition coefficient (Wildman–Crippen LogP) is 1.04. The van der Waals surface area contributed by atoms with E-state index in [1.165, 1.54) is 17.7 Å². The Labute approximate surface area is 127 Å². The second-order valence-corrected chi connectivity index (χ2v) is 5.17. The molecule has 2 N–H and O–H groups in total. The highest BCUT2D eigenvalue weighted by Gasteiger charge is 2.17. The van der Waals surface area contributed by atoms with Gasteiger partial charge in [-0.05, 0) is 24.5 Å². The molecule has 5 nitrogen and oxygen atoms in total. The quantitative estimate of drug-likeness (QED) is 0.828. The summed E-state index contributed by atoms with van der Waals surface area (Å²) in [4.78, 5) is 0. The van der Waals surface area contributed by atoms with E-state index in [1.54, 1.807) is 16.9 Å². The Kier molecular flexibility index (Phi) is 4.17. The summed E-state index contributed by atoms with van der Waals surface area (Å²) >= 11 is 0. The van der Waals surface area contributed by atoms with Crippen LogP contribution in [-0.4, -0.2) is 32.2 Å². The third kappa shape index (κ3) is 3.15. The fraction of sp³-hybridized carbons (Fsp3) is 0.200. The molecule has 0 aliphatic heterocycles. The highest BCUT2D eigenvalue weighted by atomic mass is 19.1. The van der Waals surface area contributed by atoms with Crippen LogP contribution < -0.4 is 5.46 Å². The number of allylic oxidation sites excluding steroid dienone is 4. The van der Waals surface area contributed by atoms with Crippen molar-refractivity contribution in [2.24, 2.45) is 0 Å². The number of nitrogens with zero attached hydrogens (tertiary/aromatic N) is 3. The van der Waals surface area contributed by atoms with Gasteiger partial charge in [-0.1, -0.05) is 35.6 Å². The standard InChI is InChI=1S/C15H15BFN3O2/c17-14-8-12(6-7-13(14)16(21)22)15-10-20(19-18-15)9-11-4-2-1-3-5-11/h2,4-8,10,21-22H,1,3,9H2. The summed E-state index contributed by atoms with van der Waals surface area (Å²) in [6, 6.07) is 4.15. The second kappa shape index (κ2) is 6.25. The molecule has 0 bridgehead atoms. The number of hydrogen-bond donors (Lipinski definition) is 2. The van der Waals surface area contributed by atoms with Crippen molar-refractivity contribution in [2.75, 3.05) is 0 Å². The van der Waals surface area contributed by atoms with Crippen molar-refractivity contribution in [1.82, 2.24) is 15.0 Å². The average Bonchev–Trinajstić information content (AvgIpc) is 2.96. The molecule has 0 radical (unpaired) electrons. The Morgan fingerprint density at radius 3 is 2.82 bits per heavy atom. The van der Waals surface area contributed by atoms with Crippen LogP contribution in [0.5, 0.6) is 0 Å². The molecule has 0 saturated heterocycles. The van der Waals surface area contributed by atoms with Crippen molar-refractivity contribution in [3.63, 3.8) is 0 Å². The Balaban J connectivity index is 1.80. The van der Waals surface area contributed by atoms with Crippen LogP contribution in [0.15, 0.2) is 48.2 Å². The maximum Gasteiger partial charge on any atom is 0.491 e. The van der Waals surface area contributed by atoms with Crippen LogP contribution >= 0.6 is 0 Å². The van der Waals surface area contributed by atoms with E-state index < -0.39 is 12.9 Å². The maximum atomic E-state index is 13.8. The SMILES string of the molecule is OB(O)c1ccc(-c2cn(CC3=CCCC=C3)nn2)cc1F. The van der Waals surface area contributed by atoms with Crippen molar-refractivity contribution in [2.45, 2.75) is 19.4 Å². The lowest BCUT2D eigenvalue weighted by Crippen LogP contribution is -2.32. The average molecular weight is 299 g/mol. The van der Waals surface area contributed by atoms with Crippen LogP contribution in [0, 0.1) is 5.82 Å². The van der Waals surface area contributed by atoms with Crippen LogP contribution in [0.25, 0.3) is 11.3 Å². The maximum absolute atomic E-state index is 13.8. The molecule has 0 unspecified atom stereocenters. The van der Waals surface area contributed by atoms with E-state index in [0.717, 1.165) is 12.8 Å². The van der Waals surface area contributed by atoms with Gasteiger partial charge in [0, 0.05) is 11.0 Å². The summed E-state index contributed by atoms with van der Waals surface area (Å²) in [5.74, 6) is -0.681. The van der Waals surface area contributed by atoms with E-state index in [-0.39, 0.29) is 5.46 Å². The monoisotopic (exact) mass is 299 g/mol. The third-order valence-electron chi connectivity index (χ3n) is 3.53. The van der Waals surface area contributed by atoms with Gasteiger partial charge >= 0.3 is 7.12 Å². The van der Waals surface area contributed by atoms with E-state index in [9.17, 15) is 4.39 Å². The van der Waals surface area contributed by atoms with Gasteiger partial charge < -0.3 is 10.0 Å². The van der Waals surface area contributed by atoms with Crippen LogP contribution in [-0.2, 0) is 6.54 Å². The molecule has 22 heavy (non-hydrogen) atoms. The van der Waals surface area contributed by atoms with Crippen molar-refractivity contribution >= 4 is 12.6 Å². The first kappa shape index (κ1) is 14.7. The van der Waals surface area contributed by atoms with Gasteiger partial charge in [0.25, 0.3) is 0 Å². The number of hydrogen-bond acceptors (Lipinski definition) is 4. The fourth-order valence-corrected chi connectivity index (χ4v) is 2.38. The molecule has 1 heterocycles. The Morgan fingerprint density at radius 2 is 2.14 bits per heavy atom. The summed E-state index contributed by atoms with van der Waals surface area (Å²) < 4.78 is 15.5. The zero-order valence-electron chi connectivity index (χ0n) is 11.9. The van der Waals surface area contributed by atoms with E-state index in [4.69, 9.17) is 10.0 Å². The topological polar surface area (TPSA) is 71.2 Å². The zero-order chi connectivity index (χ0) is 15.5. The van der Waals surface area contributed by atoms with Crippen molar-refractivity contribution in [3.8, 4) is 11.3 Å². The van der Waals surface area contributed by atoms with Gasteiger partial charge in [0.05, 0.1) is 12.7 Å². The third-order valence-corrected chi connectivity index (χ3v) is 3.53. The zero-order valence-corrected chi connectivity index (χ0v) is 11.9. The van der Waals surface area contributed by atoms with Crippen molar-refractivity contribution in [1.29, 1.82) is 0 Å². The van der Waals surface area contributed by atoms with Crippen molar-refractivity contribution in [3.05, 3.63) is 54.0 Å². The molecule has 0 spiro atoms. The number of aromatic nitrogens is 3. The lowest BCUT2D eigenvalue weighted by Gasteiger charge is -2.06. The molecule has 7 heteroatoms. The van der Waals surface area contributed by atoms with Gasteiger partial charge in [-0.3, -0.25) is 0 Å². The minimum Gasteiger partial charge on any atom is -0.423 e. The molecular weight excluding hydrogens is 284 g/mol. The molecule has 1 aromatic carbocycles.